The van der Waals surface area contributed by atoms with Gasteiger partial charge in [0, 0.05) is 39.1 Å². The van der Waals surface area contributed by atoms with E-state index in [1.165, 1.54) is 33.0 Å². The van der Waals surface area contributed by atoms with Gasteiger partial charge in [0.15, 0.2) is 5.76 Å². The fraction of sp³-hybridized carbons (Fsp3) is 0. The Kier molecular flexibility index (Phi) is 6.14. The summed E-state index contributed by atoms with van der Waals surface area (Å²) in [7, 11) is 0. The molecule has 0 saturated carbocycles. The zero-order chi connectivity index (χ0) is 30.5. The molecular formula is C43H28N2O. The van der Waals surface area contributed by atoms with E-state index in [9.17, 15) is 0 Å². The molecule has 0 unspecified atom stereocenters. The molecule has 1 aliphatic carbocycles. The maximum absolute atomic E-state index is 6.37. The van der Waals surface area contributed by atoms with E-state index in [1.54, 1.807) is 0 Å². The van der Waals surface area contributed by atoms with E-state index in [2.05, 4.69) is 144 Å². The van der Waals surface area contributed by atoms with Crippen molar-refractivity contribution in [3.63, 3.8) is 0 Å². The van der Waals surface area contributed by atoms with Crippen LogP contribution >= 0.6 is 0 Å². The average molecular weight is 589 g/mol. The molecule has 9 rings (SSSR count). The van der Waals surface area contributed by atoms with Crippen molar-refractivity contribution in [3.8, 4) is 56.3 Å². The molecule has 8 aromatic rings. The predicted molar refractivity (Wildman–Crippen MR) is 189 cm³/mol. The van der Waals surface area contributed by atoms with Crippen molar-refractivity contribution in [1.29, 1.82) is 0 Å². The lowest BCUT2D eigenvalue weighted by atomic mass is 9.94. The highest BCUT2D eigenvalue weighted by atomic mass is 16.4. The van der Waals surface area contributed by atoms with Gasteiger partial charge in [0.2, 0.25) is 5.89 Å². The van der Waals surface area contributed by atoms with Crippen molar-refractivity contribution in [2.45, 2.75) is 0 Å². The third-order valence-corrected chi connectivity index (χ3v) is 8.87. The van der Waals surface area contributed by atoms with E-state index < -0.39 is 0 Å². The number of para-hydroxylation sites is 1. The molecule has 0 amide bonds. The van der Waals surface area contributed by atoms with E-state index in [-0.39, 0.29) is 0 Å². The lowest BCUT2D eigenvalue weighted by Gasteiger charge is -2.26. The van der Waals surface area contributed by atoms with Gasteiger partial charge >= 0.3 is 0 Å². The smallest absolute Gasteiger partial charge is 0.227 e. The molecule has 1 heterocycles. The SMILES string of the molecule is c1ccc(-c2ccc(N(c3ccccc3)c3ccc(-c4ccc5c6c(cccc46)-c4nc(-c6ccccc6)oc4-5)cc3)cc2)cc1. The second-order valence-electron chi connectivity index (χ2n) is 11.6. The average Bonchev–Trinajstić information content (AvgIpc) is 3.70. The van der Waals surface area contributed by atoms with Crippen LogP contribution < -0.4 is 4.90 Å². The largest absolute Gasteiger partial charge is 0.435 e. The number of hydrogen-bond donors (Lipinski definition) is 0. The highest BCUT2D eigenvalue weighted by Crippen LogP contribution is 2.50. The molecule has 0 bridgehead atoms. The predicted octanol–water partition coefficient (Wildman–Crippen LogP) is 11.9. The van der Waals surface area contributed by atoms with Gasteiger partial charge in [-0.1, -0.05) is 115 Å². The minimum Gasteiger partial charge on any atom is -0.435 e. The lowest BCUT2D eigenvalue weighted by molar-refractivity contribution is 0.590. The van der Waals surface area contributed by atoms with Gasteiger partial charge in [-0.2, -0.15) is 0 Å². The zero-order valence-corrected chi connectivity index (χ0v) is 25.0. The minimum absolute atomic E-state index is 0.658. The second kappa shape index (κ2) is 10.8. The summed E-state index contributed by atoms with van der Waals surface area (Å²) >= 11 is 0. The lowest BCUT2D eigenvalue weighted by Crippen LogP contribution is -2.09. The molecule has 0 atom stereocenters. The molecule has 0 aliphatic heterocycles. The Labute approximate surface area is 267 Å². The molecule has 46 heavy (non-hydrogen) atoms. The van der Waals surface area contributed by atoms with Gasteiger partial charge < -0.3 is 9.32 Å². The van der Waals surface area contributed by atoms with Crippen LogP contribution in [0.5, 0.6) is 0 Å². The Morgan fingerprint density at radius 2 is 0.935 bits per heavy atom. The monoisotopic (exact) mass is 588 g/mol. The third-order valence-electron chi connectivity index (χ3n) is 8.87. The normalized spacial score (nSPS) is 11.5. The number of hydrogen-bond acceptors (Lipinski definition) is 3. The van der Waals surface area contributed by atoms with Gasteiger partial charge in [0.25, 0.3) is 0 Å². The Morgan fingerprint density at radius 3 is 1.61 bits per heavy atom. The highest BCUT2D eigenvalue weighted by Gasteiger charge is 2.29. The summed E-state index contributed by atoms with van der Waals surface area (Å²) in [4.78, 5) is 7.25. The third kappa shape index (κ3) is 4.33. The first-order valence-electron chi connectivity index (χ1n) is 15.6. The number of nitrogens with zero attached hydrogens (tertiary/aromatic N) is 2. The van der Waals surface area contributed by atoms with Crippen molar-refractivity contribution in [3.05, 3.63) is 170 Å². The summed E-state index contributed by atoms with van der Waals surface area (Å²) in [6.07, 6.45) is 0. The van der Waals surface area contributed by atoms with E-state index in [0.29, 0.717) is 5.89 Å². The van der Waals surface area contributed by atoms with Crippen LogP contribution in [0.2, 0.25) is 0 Å². The number of fused-ring (bicyclic) bond motifs is 3. The minimum atomic E-state index is 0.658. The van der Waals surface area contributed by atoms with Crippen LogP contribution in [0.1, 0.15) is 0 Å². The van der Waals surface area contributed by atoms with Gasteiger partial charge in [-0.05, 0) is 82.2 Å². The molecular weight excluding hydrogens is 560 g/mol. The fourth-order valence-electron chi connectivity index (χ4n) is 6.68. The number of oxazole rings is 1. The number of rotatable bonds is 6. The highest BCUT2D eigenvalue weighted by molar-refractivity contribution is 6.17. The van der Waals surface area contributed by atoms with E-state index in [1.807, 2.05) is 30.3 Å². The molecule has 0 spiro atoms. The van der Waals surface area contributed by atoms with Crippen molar-refractivity contribution in [2.24, 2.45) is 0 Å². The van der Waals surface area contributed by atoms with E-state index >= 15 is 0 Å². The molecule has 0 fully saturated rings. The topological polar surface area (TPSA) is 29.3 Å². The summed E-state index contributed by atoms with van der Waals surface area (Å²) in [6.45, 7) is 0. The summed E-state index contributed by atoms with van der Waals surface area (Å²) in [5.41, 5.74) is 12.2. The van der Waals surface area contributed by atoms with Crippen LogP contribution in [0, 0.1) is 0 Å². The van der Waals surface area contributed by atoms with Crippen LogP contribution in [0.3, 0.4) is 0 Å². The molecule has 216 valence electrons. The summed E-state index contributed by atoms with van der Waals surface area (Å²) in [5.74, 6) is 1.51. The number of benzene rings is 7. The fourth-order valence-corrected chi connectivity index (χ4v) is 6.68. The first-order valence-corrected chi connectivity index (χ1v) is 15.6. The van der Waals surface area contributed by atoms with Crippen LogP contribution in [-0.2, 0) is 0 Å². The standard InChI is InChI=1S/C43H28N2O/c1-4-11-29(12-5-1)30-19-23-34(24-20-30)45(33-15-8-3-9-16-33)35-25-21-31(22-26-35)36-27-28-39-40-37(36)17-10-18-38(40)41-42(39)46-43(44-41)32-13-6-2-7-14-32/h1-28H. The van der Waals surface area contributed by atoms with Crippen LogP contribution in [-0.4, -0.2) is 4.98 Å². The summed E-state index contributed by atoms with van der Waals surface area (Å²) in [5, 5.41) is 2.41. The summed E-state index contributed by atoms with van der Waals surface area (Å²) in [6, 6.07) is 59.7. The quantitative estimate of drug-likeness (QED) is 0.193. The summed E-state index contributed by atoms with van der Waals surface area (Å²) < 4.78 is 6.37. The maximum Gasteiger partial charge on any atom is 0.227 e. The van der Waals surface area contributed by atoms with Crippen LogP contribution in [0.4, 0.5) is 17.1 Å². The molecule has 1 aromatic heterocycles. The van der Waals surface area contributed by atoms with Gasteiger partial charge in [0.1, 0.15) is 5.69 Å². The van der Waals surface area contributed by atoms with Crippen molar-refractivity contribution in [1.82, 2.24) is 4.98 Å². The Balaban J connectivity index is 1.09. The number of anilines is 3. The Hall–Kier alpha value is -6.19. The molecule has 1 aliphatic rings. The molecule has 3 nitrogen and oxygen atoms in total. The maximum atomic E-state index is 6.37. The van der Waals surface area contributed by atoms with Crippen LogP contribution in [0.25, 0.3) is 67.1 Å². The Bertz CT molecular complexity index is 2300. The van der Waals surface area contributed by atoms with Crippen molar-refractivity contribution >= 4 is 27.8 Å². The number of aromatic nitrogens is 1. The van der Waals surface area contributed by atoms with Gasteiger partial charge in [-0.25, -0.2) is 4.98 Å². The molecule has 0 radical (unpaired) electrons. The van der Waals surface area contributed by atoms with Gasteiger partial charge in [-0.15, -0.1) is 0 Å². The Morgan fingerprint density at radius 1 is 0.391 bits per heavy atom. The van der Waals surface area contributed by atoms with Crippen LogP contribution in [0.15, 0.2) is 174 Å². The second-order valence-corrected chi connectivity index (χ2v) is 11.6. The molecule has 7 aromatic carbocycles. The zero-order valence-electron chi connectivity index (χ0n) is 25.0. The molecule has 3 heteroatoms. The first kappa shape index (κ1) is 26.2. The van der Waals surface area contributed by atoms with Gasteiger partial charge in [0.05, 0.1) is 0 Å². The molecule has 0 N–H and O–H groups in total. The van der Waals surface area contributed by atoms with Crippen molar-refractivity contribution < 1.29 is 4.42 Å². The first-order chi connectivity index (χ1) is 22.8. The van der Waals surface area contributed by atoms with E-state index in [4.69, 9.17) is 9.40 Å². The molecule has 0 saturated heterocycles. The van der Waals surface area contributed by atoms with Gasteiger partial charge in [-0.3, -0.25) is 0 Å². The van der Waals surface area contributed by atoms with Crippen molar-refractivity contribution in [2.75, 3.05) is 4.90 Å². The van der Waals surface area contributed by atoms with E-state index in [0.717, 1.165) is 45.2 Å².